The predicted molar refractivity (Wildman–Crippen MR) is 99.4 cm³/mol. The lowest BCUT2D eigenvalue weighted by molar-refractivity contribution is 0.333. The minimum atomic E-state index is -0.289. The van der Waals surface area contributed by atoms with Crippen molar-refractivity contribution in [3.8, 4) is 11.4 Å². The van der Waals surface area contributed by atoms with Gasteiger partial charge in [0.1, 0.15) is 11.6 Å². The largest absolute Gasteiger partial charge is 0.354 e. The van der Waals surface area contributed by atoms with Crippen molar-refractivity contribution in [2.24, 2.45) is 0 Å². The Morgan fingerprint density at radius 3 is 2.79 bits per heavy atom. The van der Waals surface area contributed by atoms with E-state index in [1.807, 2.05) is 19.1 Å². The van der Waals surface area contributed by atoms with E-state index in [1.54, 1.807) is 16.8 Å². The third-order valence-corrected chi connectivity index (χ3v) is 4.94. The first kappa shape index (κ1) is 16.8. The van der Waals surface area contributed by atoms with Gasteiger partial charge in [-0.3, -0.25) is 0 Å². The van der Waals surface area contributed by atoms with Crippen LogP contribution in [-0.4, -0.2) is 43.0 Å². The van der Waals surface area contributed by atoms with Gasteiger partial charge in [0.05, 0.1) is 5.92 Å². The molecule has 8 nitrogen and oxygen atoms in total. The van der Waals surface area contributed by atoms with Crippen molar-refractivity contribution in [1.82, 2.24) is 30.0 Å². The quantitative estimate of drug-likeness (QED) is 0.541. The molecule has 0 bridgehead atoms. The number of benzene rings is 1. The molecule has 5 rings (SSSR count). The van der Waals surface area contributed by atoms with Crippen LogP contribution in [0.1, 0.15) is 30.5 Å². The van der Waals surface area contributed by atoms with Crippen molar-refractivity contribution in [2.45, 2.75) is 25.7 Å². The zero-order chi connectivity index (χ0) is 19.1. The third-order valence-electron chi connectivity index (χ3n) is 4.94. The second kappa shape index (κ2) is 6.66. The van der Waals surface area contributed by atoms with Crippen LogP contribution < -0.4 is 4.90 Å². The first-order valence-electron chi connectivity index (χ1n) is 9.21. The Morgan fingerprint density at radius 2 is 1.93 bits per heavy atom. The van der Waals surface area contributed by atoms with Gasteiger partial charge in [0.15, 0.2) is 11.5 Å². The molecule has 1 aromatic carbocycles. The number of halogens is 1. The third kappa shape index (κ3) is 3.08. The second-order valence-corrected chi connectivity index (χ2v) is 6.95. The Bertz CT molecular complexity index is 1120. The fraction of sp³-hybridized carbons (Fsp3) is 0.316. The number of nitrogens with zero attached hydrogens (tertiary/aromatic N) is 7. The Hall–Kier alpha value is -3.36. The van der Waals surface area contributed by atoms with Gasteiger partial charge in [-0.2, -0.15) is 4.98 Å². The van der Waals surface area contributed by atoms with Crippen molar-refractivity contribution in [1.29, 1.82) is 0 Å². The van der Waals surface area contributed by atoms with Crippen molar-refractivity contribution >= 4 is 11.5 Å². The highest BCUT2D eigenvalue weighted by atomic mass is 19.1. The van der Waals surface area contributed by atoms with Crippen LogP contribution in [0.15, 0.2) is 40.9 Å². The SMILES string of the molecule is Cc1nc2ccc(N3CCC[C@H](c4nc(-c5ccc(F)cc5)no4)C3)nn2n1. The molecule has 0 spiro atoms. The van der Waals surface area contributed by atoms with E-state index < -0.39 is 0 Å². The monoisotopic (exact) mass is 379 g/mol. The maximum atomic E-state index is 13.1. The Balaban J connectivity index is 1.37. The summed E-state index contributed by atoms with van der Waals surface area (Å²) in [5.74, 6) is 2.44. The van der Waals surface area contributed by atoms with Crippen LogP contribution in [0.3, 0.4) is 0 Å². The van der Waals surface area contributed by atoms with Gasteiger partial charge in [-0.25, -0.2) is 9.37 Å². The molecule has 0 amide bonds. The van der Waals surface area contributed by atoms with Crippen LogP contribution in [0.5, 0.6) is 0 Å². The molecule has 0 saturated carbocycles. The van der Waals surface area contributed by atoms with Gasteiger partial charge < -0.3 is 9.42 Å². The van der Waals surface area contributed by atoms with E-state index in [2.05, 4.69) is 30.2 Å². The Labute approximate surface area is 160 Å². The average molecular weight is 379 g/mol. The number of piperidine rings is 1. The van der Waals surface area contributed by atoms with Crippen LogP contribution in [-0.2, 0) is 0 Å². The molecule has 1 aliphatic heterocycles. The first-order valence-corrected chi connectivity index (χ1v) is 9.21. The minimum Gasteiger partial charge on any atom is -0.354 e. The standard InChI is InChI=1S/C19H18FN7O/c1-12-21-16-8-9-17(24-27(16)23-12)26-10-2-3-14(11-26)19-22-18(25-28-19)13-4-6-15(20)7-5-13/h4-9,14H,2-3,10-11H2,1H3/t14-/m0/s1. The van der Waals surface area contributed by atoms with Gasteiger partial charge in [0.2, 0.25) is 11.7 Å². The van der Waals surface area contributed by atoms with E-state index >= 15 is 0 Å². The molecule has 9 heteroatoms. The Morgan fingerprint density at radius 1 is 1.07 bits per heavy atom. The van der Waals surface area contributed by atoms with Gasteiger partial charge in [-0.05, 0) is 56.2 Å². The lowest BCUT2D eigenvalue weighted by Gasteiger charge is -2.31. The number of hydrogen-bond acceptors (Lipinski definition) is 7. The topological polar surface area (TPSA) is 85.2 Å². The number of aryl methyl sites for hydroxylation is 1. The molecular formula is C19H18FN7O. The van der Waals surface area contributed by atoms with E-state index in [4.69, 9.17) is 4.52 Å². The molecule has 28 heavy (non-hydrogen) atoms. The van der Waals surface area contributed by atoms with E-state index in [9.17, 15) is 4.39 Å². The summed E-state index contributed by atoms with van der Waals surface area (Å²) in [5, 5.41) is 12.9. The molecule has 3 aromatic heterocycles. The first-order chi connectivity index (χ1) is 13.7. The Kier molecular flexibility index (Phi) is 4.00. The van der Waals surface area contributed by atoms with Gasteiger partial charge in [-0.1, -0.05) is 5.16 Å². The summed E-state index contributed by atoms with van der Waals surface area (Å²) in [7, 11) is 0. The van der Waals surface area contributed by atoms with Crippen molar-refractivity contribution < 1.29 is 8.91 Å². The van der Waals surface area contributed by atoms with E-state index in [0.717, 1.165) is 43.0 Å². The van der Waals surface area contributed by atoms with E-state index in [1.165, 1.54) is 12.1 Å². The molecule has 0 unspecified atom stereocenters. The number of hydrogen-bond donors (Lipinski definition) is 0. The highest BCUT2D eigenvalue weighted by Gasteiger charge is 2.27. The summed E-state index contributed by atoms with van der Waals surface area (Å²) >= 11 is 0. The molecule has 1 atom stereocenters. The molecule has 142 valence electrons. The molecular weight excluding hydrogens is 361 g/mol. The summed E-state index contributed by atoms with van der Waals surface area (Å²) in [6.45, 7) is 3.48. The van der Waals surface area contributed by atoms with Crippen LogP contribution in [0.4, 0.5) is 10.2 Å². The van der Waals surface area contributed by atoms with Gasteiger partial charge in [0.25, 0.3) is 0 Å². The highest BCUT2D eigenvalue weighted by Crippen LogP contribution is 2.29. The summed E-state index contributed by atoms with van der Waals surface area (Å²) < 4.78 is 20.2. The number of rotatable bonds is 3. The van der Waals surface area contributed by atoms with Crippen LogP contribution in [0.2, 0.25) is 0 Å². The fourth-order valence-corrected chi connectivity index (χ4v) is 3.55. The lowest BCUT2D eigenvalue weighted by atomic mass is 9.98. The van der Waals surface area contributed by atoms with Crippen molar-refractivity contribution in [3.05, 3.63) is 53.9 Å². The minimum absolute atomic E-state index is 0.116. The summed E-state index contributed by atoms with van der Waals surface area (Å²) in [5.41, 5.74) is 1.47. The van der Waals surface area contributed by atoms with Gasteiger partial charge in [-0.15, -0.1) is 14.8 Å². The number of aromatic nitrogens is 6. The summed E-state index contributed by atoms with van der Waals surface area (Å²) in [4.78, 5) is 11.1. The van der Waals surface area contributed by atoms with Gasteiger partial charge >= 0.3 is 0 Å². The smallest absolute Gasteiger partial charge is 0.231 e. The van der Waals surface area contributed by atoms with Crippen LogP contribution in [0.25, 0.3) is 17.0 Å². The number of fused-ring (bicyclic) bond motifs is 1. The highest BCUT2D eigenvalue weighted by molar-refractivity contribution is 5.54. The lowest BCUT2D eigenvalue weighted by Crippen LogP contribution is -2.35. The zero-order valence-electron chi connectivity index (χ0n) is 15.3. The number of anilines is 1. The van der Waals surface area contributed by atoms with Crippen molar-refractivity contribution in [2.75, 3.05) is 18.0 Å². The molecule has 1 aliphatic rings. The average Bonchev–Trinajstić information content (AvgIpc) is 3.34. The molecule has 1 saturated heterocycles. The predicted octanol–water partition coefficient (Wildman–Crippen LogP) is 3.01. The summed E-state index contributed by atoms with van der Waals surface area (Å²) in [6, 6.07) is 9.96. The maximum absolute atomic E-state index is 13.1. The second-order valence-electron chi connectivity index (χ2n) is 6.95. The maximum Gasteiger partial charge on any atom is 0.231 e. The normalized spacial score (nSPS) is 17.4. The zero-order valence-corrected chi connectivity index (χ0v) is 15.3. The van der Waals surface area contributed by atoms with Crippen molar-refractivity contribution in [3.63, 3.8) is 0 Å². The van der Waals surface area contributed by atoms with Crippen LogP contribution >= 0.6 is 0 Å². The molecule has 4 aromatic rings. The molecule has 1 fully saturated rings. The van der Waals surface area contributed by atoms with Crippen LogP contribution in [0, 0.1) is 12.7 Å². The molecule has 0 aliphatic carbocycles. The summed E-state index contributed by atoms with van der Waals surface area (Å²) in [6.07, 6.45) is 1.96. The van der Waals surface area contributed by atoms with Gasteiger partial charge in [0, 0.05) is 18.7 Å². The molecule has 0 radical (unpaired) electrons. The molecule has 4 heterocycles. The fourth-order valence-electron chi connectivity index (χ4n) is 3.55. The van der Waals surface area contributed by atoms with E-state index in [-0.39, 0.29) is 11.7 Å². The molecule has 0 N–H and O–H groups in total. The van der Waals surface area contributed by atoms with E-state index in [0.29, 0.717) is 17.5 Å².